The first kappa shape index (κ1) is 6.50. The Morgan fingerprint density at radius 2 is 2.29 bits per heavy atom. The van der Waals surface area contributed by atoms with Crippen LogP contribution in [0.1, 0.15) is 13.3 Å². The molecule has 0 rings (SSSR count). The van der Waals surface area contributed by atoms with E-state index in [2.05, 4.69) is 0 Å². The van der Waals surface area contributed by atoms with E-state index in [0.29, 0.717) is 0 Å². The van der Waals surface area contributed by atoms with Gasteiger partial charge in [0.15, 0.2) is 0 Å². The Kier molecular flexibility index (Phi) is 3.42. The summed E-state index contributed by atoms with van der Waals surface area (Å²) in [5.41, 5.74) is 10.4. The fourth-order valence-electron chi connectivity index (χ4n) is 0.293. The first-order valence-electron chi connectivity index (χ1n) is 2.39. The summed E-state index contributed by atoms with van der Waals surface area (Å²) in [5, 5.41) is 0. The molecule has 7 heavy (non-hydrogen) atoms. The van der Waals surface area contributed by atoms with E-state index in [1.807, 2.05) is 13.0 Å². The lowest BCUT2D eigenvalue weighted by molar-refractivity contribution is 0.756. The lowest BCUT2D eigenvalue weighted by Gasteiger charge is -1.94. The average molecular weight is 100 g/mol. The Balaban J connectivity index is 2.97. The van der Waals surface area contributed by atoms with Crippen LogP contribution in [0.15, 0.2) is 12.3 Å². The Labute approximate surface area is 44.2 Å². The summed E-state index contributed by atoms with van der Waals surface area (Å²) in [6.07, 6.45) is 4.24. The maximum atomic E-state index is 5.37. The molecule has 0 heterocycles. The van der Waals surface area contributed by atoms with Gasteiger partial charge in [-0.2, -0.15) is 0 Å². The van der Waals surface area contributed by atoms with Crippen molar-refractivity contribution >= 4 is 0 Å². The Morgan fingerprint density at radius 3 is 2.43 bits per heavy atom. The van der Waals surface area contributed by atoms with Crippen molar-refractivity contribution in [1.82, 2.24) is 0 Å². The van der Waals surface area contributed by atoms with Crippen molar-refractivity contribution in [3.8, 4) is 0 Å². The summed E-state index contributed by atoms with van der Waals surface area (Å²) in [6.45, 7) is 1.94. The zero-order valence-electron chi connectivity index (χ0n) is 4.59. The van der Waals surface area contributed by atoms with Crippen molar-refractivity contribution in [3.63, 3.8) is 0 Å². The van der Waals surface area contributed by atoms with Crippen molar-refractivity contribution in [3.05, 3.63) is 12.3 Å². The normalized spacial score (nSPS) is 15.1. The molecule has 0 aromatic heterocycles. The molecule has 0 aromatic carbocycles. The van der Waals surface area contributed by atoms with Gasteiger partial charge in [0.25, 0.3) is 0 Å². The van der Waals surface area contributed by atoms with Gasteiger partial charge < -0.3 is 11.5 Å². The SMILES string of the molecule is CC(N)CC=CN. The number of rotatable bonds is 2. The molecular weight excluding hydrogens is 88.1 g/mol. The maximum absolute atomic E-state index is 5.37. The van der Waals surface area contributed by atoms with Gasteiger partial charge in [0.2, 0.25) is 0 Å². The second-order valence-corrected chi connectivity index (χ2v) is 1.64. The van der Waals surface area contributed by atoms with Gasteiger partial charge in [-0.05, 0) is 19.5 Å². The summed E-state index contributed by atoms with van der Waals surface area (Å²) in [7, 11) is 0. The number of nitrogens with two attached hydrogens (primary N) is 2. The van der Waals surface area contributed by atoms with E-state index in [4.69, 9.17) is 11.5 Å². The molecule has 2 heteroatoms. The highest BCUT2D eigenvalue weighted by Gasteiger charge is 1.83. The summed E-state index contributed by atoms with van der Waals surface area (Å²) in [6, 6.07) is 0.236. The van der Waals surface area contributed by atoms with Crippen LogP contribution < -0.4 is 11.5 Å². The number of hydrogen-bond donors (Lipinski definition) is 2. The molecule has 0 aliphatic heterocycles. The van der Waals surface area contributed by atoms with Crippen LogP contribution in [-0.4, -0.2) is 6.04 Å². The molecule has 0 radical (unpaired) electrons. The molecule has 0 aromatic rings. The molecule has 0 amide bonds. The fourth-order valence-corrected chi connectivity index (χ4v) is 0.293. The third-order valence-electron chi connectivity index (χ3n) is 0.644. The fraction of sp³-hybridized carbons (Fsp3) is 0.600. The highest BCUT2D eigenvalue weighted by atomic mass is 14.6. The van der Waals surface area contributed by atoms with Crippen LogP contribution in [0.25, 0.3) is 0 Å². The molecule has 0 bridgehead atoms. The Hall–Kier alpha value is -0.500. The lowest BCUT2D eigenvalue weighted by Crippen LogP contribution is -2.12. The van der Waals surface area contributed by atoms with Crippen LogP contribution in [0, 0.1) is 0 Å². The highest BCUT2D eigenvalue weighted by Crippen LogP contribution is 1.83. The predicted molar refractivity (Wildman–Crippen MR) is 31.6 cm³/mol. The molecule has 4 N–H and O–H groups in total. The van der Waals surface area contributed by atoms with Crippen LogP contribution in [0.4, 0.5) is 0 Å². The molecule has 1 atom stereocenters. The van der Waals surface area contributed by atoms with E-state index in [1.54, 1.807) is 0 Å². The van der Waals surface area contributed by atoms with Gasteiger partial charge in [0.05, 0.1) is 0 Å². The molecule has 0 aliphatic rings. The molecule has 2 nitrogen and oxygen atoms in total. The first-order chi connectivity index (χ1) is 3.27. The van der Waals surface area contributed by atoms with Crippen LogP contribution in [-0.2, 0) is 0 Å². The monoisotopic (exact) mass is 100 g/mol. The second-order valence-electron chi connectivity index (χ2n) is 1.64. The molecule has 0 spiro atoms. The van der Waals surface area contributed by atoms with E-state index in [-0.39, 0.29) is 6.04 Å². The summed E-state index contributed by atoms with van der Waals surface area (Å²) >= 11 is 0. The zero-order valence-corrected chi connectivity index (χ0v) is 4.59. The zero-order chi connectivity index (χ0) is 5.70. The standard InChI is InChI=1S/C5H12N2/c1-5(7)3-2-4-6/h2,4-5H,3,6-7H2,1H3. The Bertz CT molecular complexity index is 57.1. The maximum Gasteiger partial charge on any atom is 0.00456 e. The molecule has 0 fully saturated rings. The highest BCUT2D eigenvalue weighted by molar-refractivity contribution is 4.78. The number of hydrogen-bond acceptors (Lipinski definition) is 2. The van der Waals surface area contributed by atoms with Crippen molar-refractivity contribution in [2.24, 2.45) is 11.5 Å². The van der Waals surface area contributed by atoms with Crippen LogP contribution in [0.3, 0.4) is 0 Å². The van der Waals surface area contributed by atoms with Gasteiger partial charge in [-0.15, -0.1) is 0 Å². The quantitative estimate of drug-likeness (QED) is 0.520. The molecule has 0 saturated carbocycles. The minimum atomic E-state index is 0.236. The van der Waals surface area contributed by atoms with Crippen molar-refractivity contribution < 1.29 is 0 Å². The minimum Gasteiger partial charge on any atom is -0.405 e. The molecule has 42 valence electrons. The van der Waals surface area contributed by atoms with Crippen LogP contribution in [0.5, 0.6) is 0 Å². The Morgan fingerprint density at radius 1 is 1.71 bits per heavy atom. The molecule has 0 saturated heterocycles. The molecular formula is C5H12N2. The van der Waals surface area contributed by atoms with Crippen LogP contribution >= 0.6 is 0 Å². The lowest BCUT2D eigenvalue weighted by atomic mass is 10.2. The summed E-state index contributed by atoms with van der Waals surface area (Å²) in [5.74, 6) is 0. The van der Waals surface area contributed by atoms with Crippen molar-refractivity contribution in [2.75, 3.05) is 0 Å². The molecule has 0 aliphatic carbocycles. The van der Waals surface area contributed by atoms with Crippen molar-refractivity contribution in [2.45, 2.75) is 19.4 Å². The van der Waals surface area contributed by atoms with Gasteiger partial charge in [-0.1, -0.05) is 6.08 Å². The van der Waals surface area contributed by atoms with Gasteiger partial charge in [0.1, 0.15) is 0 Å². The summed E-state index contributed by atoms with van der Waals surface area (Å²) < 4.78 is 0. The topological polar surface area (TPSA) is 52.0 Å². The van der Waals surface area contributed by atoms with Crippen molar-refractivity contribution in [1.29, 1.82) is 0 Å². The van der Waals surface area contributed by atoms with E-state index >= 15 is 0 Å². The molecule has 1 unspecified atom stereocenters. The largest absolute Gasteiger partial charge is 0.405 e. The van der Waals surface area contributed by atoms with E-state index in [9.17, 15) is 0 Å². The predicted octanol–water partition coefficient (Wildman–Crippen LogP) is 0.196. The van der Waals surface area contributed by atoms with Gasteiger partial charge >= 0.3 is 0 Å². The smallest absolute Gasteiger partial charge is 0.00456 e. The third kappa shape index (κ3) is 5.50. The average Bonchev–Trinajstić information content (AvgIpc) is 1.61. The van der Waals surface area contributed by atoms with E-state index in [0.717, 1.165) is 6.42 Å². The van der Waals surface area contributed by atoms with Gasteiger partial charge in [-0.3, -0.25) is 0 Å². The van der Waals surface area contributed by atoms with Gasteiger partial charge in [-0.25, -0.2) is 0 Å². The minimum absolute atomic E-state index is 0.236. The third-order valence-corrected chi connectivity index (χ3v) is 0.644. The van der Waals surface area contributed by atoms with Gasteiger partial charge in [0, 0.05) is 6.04 Å². The second kappa shape index (κ2) is 3.68. The van der Waals surface area contributed by atoms with E-state index in [1.165, 1.54) is 6.20 Å². The summed E-state index contributed by atoms with van der Waals surface area (Å²) in [4.78, 5) is 0. The first-order valence-corrected chi connectivity index (χ1v) is 2.39. The van der Waals surface area contributed by atoms with Crippen LogP contribution in [0.2, 0.25) is 0 Å². The van der Waals surface area contributed by atoms with E-state index < -0.39 is 0 Å².